The first-order valence-electron chi connectivity index (χ1n) is 9.16. The zero-order valence-corrected chi connectivity index (χ0v) is 16.0. The van der Waals surface area contributed by atoms with Crippen molar-refractivity contribution in [2.45, 2.75) is 26.2 Å². The van der Waals surface area contributed by atoms with Crippen LogP contribution >= 0.6 is 11.3 Å². The summed E-state index contributed by atoms with van der Waals surface area (Å²) in [6.07, 6.45) is 3.20. The third-order valence-corrected chi connectivity index (χ3v) is 6.15. The number of rotatable bonds is 4. The molecule has 0 spiro atoms. The Morgan fingerprint density at radius 1 is 1.19 bits per heavy atom. The molecule has 138 valence electrons. The quantitative estimate of drug-likeness (QED) is 0.661. The van der Waals surface area contributed by atoms with Crippen molar-refractivity contribution in [1.29, 1.82) is 0 Å². The first-order valence-corrected chi connectivity index (χ1v) is 9.98. The highest BCUT2D eigenvalue weighted by molar-refractivity contribution is 7.14. The molecule has 0 saturated carbocycles. The minimum absolute atomic E-state index is 0.291. The number of aryl methyl sites for hydroxylation is 1. The van der Waals surface area contributed by atoms with Gasteiger partial charge in [0.25, 0.3) is 5.91 Å². The van der Waals surface area contributed by atoms with E-state index in [2.05, 4.69) is 12.2 Å². The summed E-state index contributed by atoms with van der Waals surface area (Å²) in [6, 6.07) is 15.5. The number of esters is 1. The number of hydrogen-bond acceptors (Lipinski definition) is 4. The number of thiophene rings is 1. The topological polar surface area (TPSA) is 55.4 Å². The molecule has 5 heteroatoms. The summed E-state index contributed by atoms with van der Waals surface area (Å²) in [4.78, 5) is 26.4. The summed E-state index contributed by atoms with van der Waals surface area (Å²) in [5.74, 6) is -0.104. The molecule has 0 unspecified atom stereocenters. The molecular formula is C22H21NO3S. The molecule has 3 aromatic rings. The Kier molecular flexibility index (Phi) is 4.94. The molecule has 27 heavy (non-hydrogen) atoms. The van der Waals surface area contributed by atoms with E-state index >= 15 is 0 Å². The van der Waals surface area contributed by atoms with Crippen LogP contribution in [0.3, 0.4) is 0 Å². The monoisotopic (exact) mass is 379 g/mol. The van der Waals surface area contributed by atoms with Gasteiger partial charge in [-0.05, 0) is 48.3 Å². The largest absolute Gasteiger partial charge is 0.451 e. The predicted octanol–water partition coefficient (Wildman–Crippen LogP) is 4.82. The fraction of sp³-hybridized carbons (Fsp3) is 0.273. The third-order valence-electron chi connectivity index (χ3n) is 4.93. The predicted molar refractivity (Wildman–Crippen MR) is 108 cm³/mol. The lowest BCUT2D eigenvalue weighted by atomic mass is 9.90. The van der Waals surface area contributed by atoms with E-state index in [1.54, 1.807) is 0 Å². The van der Waals surface area contributed by atoms with E-state index < -0.39 is 5.97 Å². The number of carbonyl (C=O) groups is 2. The van der Waals surface area contributed by atoms with Crippen molar-refractivity contribution in [2.75, 3.05) is 11.9 Å². The second kappa shape index (κ2) is 7.53. The molecular weight excluding hydrogens is 358 g/mol. The van der Waals surface area contributed by atoms with Crippen LogP contribution in [0.2, 0.25) is 0 Å². The van der Waals surface area contributed by atoms with Crippen molar-refractivity contribution >= 4 is 39.7 Å². The van der Waals surface area contributed by atoms with E-state index in [4.69, 9.17) is 4.74 Å². The van der Waals surface area contributed by atoms with Gasteiger partial charge >= 0.3 is 5.97 Å². The van der Waals surface area contributed by atoms with Gasteiger partial charge in [-0.1, -0.05) is 43.3 Å². The van der Waals surface area contributed by atoms with E-state index in [0.717, 1.165) is 35.7 Å². The minimum Gasteiger partial charge on any atom is -0.451 e. The van der Waals surface area contributed by atoms with Gasteiger partial charge in [0.15, 0.2) is 6.61 Å². The van der Waals surface area contributed by atoms with Crippen LogP contribution in [0.5, 0.6) is 0 Å². The number of benzene rings is 2. The summed E-state index contributed by atoms with van der Waals surface area (Å²) in [5.41, 5.74) is 1.97. The van der Waals surface area contributed by atoms with Crippen molar-refractivity contribution in [3.05, 3.63) is 63.8 Å². The SMILES string of the molecule is C[C@H]1CCc2sc(C(=O)OCC(=O)Nc3cccc4ccccc34)cc2C1. The van der Waals surface area contributed by atoms with Gasteiger partial charge in [-0.3, -0.25) is 4.79 Å². The second-order valence-electron chi connectivity index (χ2n) is 7.06. The van der Waals surface area contributed by atoms with Gasteiger partial charge in [0.05, 0.1) is 0 Å². The summed E-state index contributed by atoms with van der Waals surface area (Å²) in [6.45, 7) is 1.94. The number of ether oxygens (including phenoxy) is 1. The molecule has 0 saturated heterocycles. The lowest BCUT2D eigenvalue weighted by molar-refractivity contribution is -0.119. The Balaban J connectivity index is 1.38. The van der Waals surface area contributed by atoms with Gasteiger partial charge in [0.1, 0.15) is 4.88 Å². The van der Waals surface area contributed by atoms with Crippen molar-refractivity contribution < 1.29 is 14.3 Å². The molecule has 1 aliphatic carbocycles. The first kappa shape index (κ1) is 17.7. The van der Waals surface area contributed by atoms with Crippen molar-refractivity contribution in [2.24, 2.45) is 5.92 Å². The minimum atomic E-state index is -0.421. The Hall–Kier alpha value is -2.66. The summed E-state index contributed by atoms with van der Waals surface area (Å²) >= 11 is 1.50. The van der Waals surface area contributed by atoms with Crippen molar-refractivity contribution in [1.82, 2.24) is 0 Å². The molecule has 4 nitrogen and oxygen atoms in total. The number of carbonyl (C=O) groups excluding carboxylic acids is 2. The molecule has 2 aromatic carbocycles. The van der Waals surface area contributed by atoms with E-state index in [1.165, 1.54) is 21.8 Å². The van der Waals surface area contributed by atoms with Gasteiger partial charge in [0.2, 0.25) is 0 Å². The van der Waals surface area contributed by atoms with Gasteiger partial charge in [-0.2, -0.15) is 0 Å². The molecule has 0 aliphatic heterocycles. The van der Waals surface area contributed by atoms with E-state index in [1.807, 2.05) is 48.5 Å². The third kappa shape index (κ3) is 3.88. The number of anilines is 1. The molecule has 1 atom stereocenters. The molecule has 1 aliphatic rings. The highest BCUT2D eigenvalue weighted by Crippen LogP contribution is 2.32. The van der Waals surface area contributed by atoms with E-state index in [-0.39, 0.29) is 12.5 Å². The average Bonchev–Trinajstić information content (AvgIpc) is 3.09. The summed E-state index contributed by atoms with van der Waals surface area (Å²) in [7, 11) is 0. The molecule has 1 aromatic heterocycles. The van der Waals surface area contributed by atoms with Crippen LogP contribution in [0.1, 0.15) is 33.5 Å². The first-order chi connectivity index (χ1) is 13.1. The average molecular weight is 379 g/mol. The zero-order valence-electron chi connectivity index (χ0n) is 15.2. The van der Waals surface area contributed by atoms with Gasteiger partial charge in [0, 0.05) is 16.0 Å². The summed E-state index contributed by atoms with van der Waals surface area (Å²) in [5, 5.41) is 4.84. The number of hydrogen-bond donors (Lipinski definition) is 1. The van der Waals surface area contributed by atoms with Crippen LogP contribution in [0.25, 0.3) is 10.8 Å². The highest BCUT2D eigenvalue weighted by Gasteiger charge is 2.21. The molecule has 0 fully saturated rings. The molecule has 4 rings (SSSR count). The Morgan fingerprint density at radius 3 is 2.89 bits per heavy atom. The Bertz CT molecular complexity index is 1000. The fourth-order valence-electron chi connectivity index (χ4n) is 3.53. The zero-order chi connectivity index (χ0) is 18.8. The van der Waals surface area contributed by atoms with Crippen molar-refractivity contribution in [3.63, 3.8) is 0 Å². The number of fused-ring (bicyclic) bond motifs is 2. The van der Waals surface area contributed by atoms with E-state index in [0.29, 0.717) is 10.8 Å². The number of amides is 1. The van der Waals surface area contributed by atoms with E-state index in [9.17, 15) is 9.59 Å². The second-order valence-corrected chi connectivity index (χ2v) is 8.19. The lowest BCUT2D eigenvalue weighted by Crippen LogP contribution is -2.20. The van der Waals surface area contributed by atoms with Gasteiger partial charge in [-0.25, -0.2) is 4.79 Å². The van der Waals surface area contributed by atoms with Crippen LogP contribution in [-0.4, -0.2) is 18.5 Å². The normalized spacial score (nSPS) is 16.0. The highest BCUT2D eigenvalue weighted by atomic mass is 32.1. The molecule has 1 N–H and O–H groups in total. The maximum Gasteiger partial charge on any atom is 0.348 e. The van der Waals surface area contributed by atoms with Crippen LogP contribution in [0.4, 0.5) is 5.69 Å². The van der Waals surface area contributed by atoms with Crippen LogP contribution in [0, 0.1) is 5.92 Å². The fourth-order valence-corrected chi connectivity index (χ4v) is 4.63. The summed E-state index contributed by atoms with van der Waals surface area (Å²) < 4.78 is 5.24. The molecule has 1 amide bonds. The smallest absolute Gasteiger partial charge is 0.348 e. The number of nitrogens with one attached hydrogen (secondary N) is 1. The standard InChI is InChI=1S/C22H21NO3S/c1-14-9-10-19-16(11-14)12-20(27-19)22(25)26-13-21(24)23-18-8-4-6-15-5-2-3-7-17(15)18/h2-8,12,14H,9-11,13H2,1H3,(H,23,24)/t14-/m0/s1. The van der Waals surface area contributed by atoms with Crippen LogP contribution < -0.4 is 5.32 Å². The molecule has 1 heterocycles. The van der Waals surface area contributed by atoms with Gasteiger partial charge < -0.3 is 10.1 Å². The van der Waals surface area contributed by atoms with Crippen molar-refractivity contribution in [3.8, 4) is 0 Å². The van der Waals surface area contributed by atoms with Crippen LogP contribution in [0.15, 0.2) is 48.5 Å². The molecule has 0 bridgehead atoms. The Labute approximate surface area is 162 Å². The maximum absolute atomic E-state index is 12.3. The Morgan fingerprint density at radius 2 is 2.00 bits per heavy atom. The molecule has 0 radical (unpaired) electrons. The maximum atomic E-state index is 12.3. The van der Waals surface area contributed by atoms with Gasteiger partial charge in [-0.15, -0.1) is 11.3 Å². The lowest BCUT2D eigenvalue weighted by Gasteiger charge is -2.16. The van der Waals surface area contributed by atoms with Crippen LogP contribution in [-0.2, 0) is 22.4 Å².